The molecule has 0 radical (unpaired) electrons. The Hall–Kier alpha value is -1.69. The number of ether oxygens (including phenoxy) is 1. The second kappa shape index (κ2) is 6.15. The van der Waals surface area contributed by atoms with Crippen LogP contribution in [0.25, 0.3) is 0 Å². The van der Waals surface area contributed by atoms with Crippen molar-refractivity contribution in [2.75, 3.05) is 0 Å². The zero-order valence-electron chi connectivity index (χ0n) is 9.19. The minimum absolute atomic E-state index is 0.0487. The minimum atomic E-state index is -2.90. The zero-order chi connectivity index (χ0) is 12.8. The molecule has 1 rings (SSSR count). The fraction of sp³-hybridized carbons (Fsp3) is 0.364. The summed E-state index contributed by atoms with van der Waals surface area (Å²) < 4.78 is 28.5. The number of carboxylic acids is 1. The molecule has 0 saturated carbocycles. The van der Waals surface area contributed by atoms with Crippen LogP contribution in [0.15, 0.2) is 24.3 Å². The first kappa shape index (κ1) is 13.4. The average Bonchev–Trinajstić information content (AvgIpc) is 2.26. The van der Waals surface area contributed by atoms with Gasteiger partial charge in [0.25, 0.3) is 0 Å². The lowest BCUT2D eigenvalue weighted by molar-refractivity contribution is -0.139. The summed E-state index contributed by atoms with van der Waals surface area (Å²) in [6, 6.07) is 5.49. The number of nitrogens with one attached hydrogen (secondary N) is 1. The van der Waals surface area contributed by atoms with Crippen molar-refractivity contribution in [3.63, 3.8) is 0 Å². The van der Waals surface area contributed by atoms with Crippen molar-refractivity contribution in [1.82, 2.24) is 5.32 Å². The van der Waals surface area contributed by atoms with Gasteiger partial charge in [-0.15, -0.1) is 0 Å². The van der Waals surface area contributed by atoms with E-state index in [4.69, 9.17) is 5.11 Å². The van der Waals surface area contributed by atoms with Crippen LogP contribution in [0.1, 0.15) is 12.5 Å². The Bertz CT molecular complexity index is 385. The second-order valence-electron chi connectivity index (χ2n) is 3.43. The molecular weight excluding hydrogens is 232 g/mol. The van der Waals surface area contributed by atoms with E-state index in [9.17, 15) is 13.6 Å². The molecule has 1 aromatic rings. The Morgan fingerprint density at radius 2 is 2.12 bits per heavy atom. The summed E-state index contributed by atoms with van der Waals surface area (Å²) in [5.41, 5.74) is 0.487. The lowest BCUT2D eigenvalue weighted by atomic mass is 10.2. The van der Waals surface area contributed by atoms with Gasteiger partial charge in [0.15, 0.2) is 0 Å². The highest BCUT2D eigenvalue weighted by molar-refractivity contribution is 5.72. The van der Waals surface area contributed by atoms with Gasteiger partial charge in [0.1, 0.15) is 11.8 Å². The molecule has 1 atom stereocenters. The quantitative estimate of drug-likeness (QED) is 0.803. The van der Waals surface area contributed by atoms with Crippen molar-refractivity contribution in [2.45, 2.75) is 26.1 Å². The van der Waals surface area contributed by atoms with Gasteiger partial charge in [-0.1, -0.05) is 18.2 Å². The third-order valence-electron chi connectivity index (χ3n) is 2.16. The van der Waals surface area contributed by atoms with E-state index in [1.54, 1.807) is 18.2 Å². The van der Waals surface area contributed by atoms with Gasteiger partial charge < -0.3 is 15.2 Å². The fourth-order valence-electron chi connectivity index (χ4n) is 1.21. The van der Waals surface area contributed by atoms with Crippen LogP contribution in [0.3, 0.4) is 0 Å². The molecule has 0 spiro atoms. The van der Waals surface area contributed by atoms with Gasteiger partial charge in [0.05, 0.1) is 0 Å². The van der Waals surface area contributed by atoms with Gasteiger partial charge in [0, 0.05) is 12.1 Å². The molecular formula is C11H13F2NO3. The molecule has 0 aliphatic rings. The van der Waals surface area contributed by atoms with Crippen LogP contribution in [0.4, 0.5) is 8.78 Å². The number of carbonyl (C=O) groups is 1. The molecule has 1 aromatic carbocycles. The molecule has 94 valence electrons. The van der Waals surface area contributed by atoms with Crippen LogP contribution in [0.2, 0.25) is 0 Å². The summed E-state index contributed by atoms with van der Waals surface area (Å²) in [7, 11) is 0. The molecule has 4 nitrogen and oxygen atoms in total. The Balaban J connectivity index is 2.66. The second-order valence-corrected chi connectivity index (χ2v) is 3.43. The summed E-state index contributed by atoms with van der Waals surface area (Å²) in [5, 5.41) is 11.3. The Morgan fingerprint density at radius 3 is 2.71 bits per heavy atom. The van der Waals surface area contributed by atoms with Crippen LogP contribution >= 0.6 is 0 Å². The van der Waals surface area contributed by atoms with E-state index in [0.717, 1.165) is 0 Å². The molecule has 17 heavy (non-hydrogen) atoms. The van der Waals surface area contributed by atoms with Crippen molar-refractivity contribution < 1.29 is 23.4 Å². The van der Waals surface area contributed by atoms with Crippen LogP contribution < -0.4 is 10.1 Å². The number of rotatable bonds is 6. The van der Waals surface area contributed by atoms with Crippen molar-refractivity contribution in [1.29, 1.82) is 0 Å². The standard InChI is InChI=1S/C11H13F2NO3/c1-7(10(15)16)14-6-8-4-2-3-5-9(8)17-11(12)13/h2-5,7,11,14H,6H2,1H3,(H,15,16). The molecule has 0 saturated heterocycles. The lowest BCUT2D eigenvalue weighted by Crippen LogP contribution is -2.33. The normalized spacial score (nSPS) is 12.5. The van der Waals surface area contributed by atoms with Crippen LogP contribution in [0, 0.1) is 0 Å². The number of benzene rings is 1. The molecule has 1 unspecified atom stereocenters. The lowest BCUT2D eigenvalue weighted by Gasteiger charge is -2.13. The van der Waals surface area contributed by atoms with Crippen molar-refractivity contribution in [3.8, 4) is 5.75 Å². The first-order valence-electron chi connectivity index (χ1n) is 4.99. The zero-order valence-corrected chi connectivity index (χ0v) is 9.19. The molecule has 6 heteroatoms. The Morgan fingerprint density at radius 1 is 1.47 bits per heavy atom. The van der Waals surface area contributed by atoms with Gasteiger partial charge >= 0.3 is 12.6 Å². The van der Waals surface area contributed by atoms with Crippen molar-refractivity contribution in [2.24, 2.45) is 0 Å². The predicted molar refractivity (Wildman–Crippen MR) is 57.0 cm³/mol. The molecule has 0 aliphatic heterocycles. The third kappa shape index (κ3) is 4.36. The Labute approximate surface area is 97.2 Å². The summed E-state index contributed by atoms with van der Waals surface area (Å²) >= 11 is 0. The fourth-order valence-corrected chi connectivity index (χ4v) is 1.21. The summed E-state index contributed by atoms with van der Waals surface area (Å²) in [6.45, 7) is -1.28. The maximum absolute atomic E-state index is 12.1. The number of halogens is 2. The molecule has 2 N–H and O–H groups in total. The maximum Gasteiger partial charge on any atom is 0.387 e. The van der Waals surface area contributed by atoms with E-state index in [-0.39, 0.29) is 12.3 Å². The molecule has 0 heterocycles. The number of hydrogen-bond donors (Lipinski definition) is 2. The van der Waals surface area contributed by atoms with Crippen molar-refractivity contribution in [3.05, 3.63) is 29.8 Å². The first-order valence-corrected chi connectivity index (χ1v) is 4.99. The van der Waals surface area contributed by atoms with E-state index < -0.39 is 18.6 Å². The molecule has 0 aliphatic carbocycles. The topological polar surface area (TPSA) is 58.6 Å². The van der Waals surface area contributed by atoms with Crippen LogP contribution in [0.5, 0.6) is 5.75 Å². The van der Waals surface area contributed by atoms with Gasteiger partial charge in [-0.25, -0.2) is 0 Å². The molecule has 0 aromatic heterocycles. The van der Waals surface area contributed by atoms with E-state index in [1.807, 2.05) is 0 Å². The molecule has 0 amide bonds. The van der Waals surface area contributed by atoms with Gasteiger partial charge in [0.2, 0.25) is 0 Å². The summed E-state index contributed by atoms with van der Waals surface area (Å²) in [4.78, 5) is 10.6. The number of para-hydroxylation sites is 1. The van der Waals surface area contributed by atoms with Crippen LogP contribution in [-0.4, -0.2) is 23.7 Å². The van der Waals surface area contributed by atoms with Gasteiger partial charge in [-0.2, -0.15) is 8.78 Å². The number of hydrogen-bond acceptors (Lipinski definition) is 3. The number of carboxylic acid groups (broad SMARTS) is 1. The van der Waals surface area contributed by atoms with Gasteiger partial charge in [-0.3, -0.25) is 4.79 Å². The molecule has 0 fully saturated rings. The average molecular weight is 245 g/mol. The SMILES string of the molecule is CC(NCc1ccccc1OC(F)F)C(=O)O. The van der Waals surface area contributed by atoms with E-state index >= 15 is 0 Å². The number of aliphatic carboxylic acids is 1. The molecule has 0 bridgehead atoms. The monoisotopic (exact) mass is 245 g/mol. The third-order valence-corrected chi connectivity index (χ3v) is 2.16. The maximum atomic E-state index is 12.1. The van der Waals surface area contributed by atoms with Crippen LogP contribution in [-0.2, 0) is 11.3 Å². The smallest absolute Gasteiger partial charge is 0.387 e. The van der Waals surface area contributed by atoms with E-state index in [0.29, 0.717) is 5.56 Å². The number of alkyl halides is 2. The first-order chi connectivity index (χ1) is 8.00. The summed E-state index contributed by atoms with van der Waals surface area (Å²) in [6.07, 6.45) is 0. The predicted octanol–water partition coefficient (Wildman–Crippen LogP) is 1.85. The minimum Gasteiger partial charge on any atom is -0.480 e. The van der Waals surface area contributed by atoms with Gasteiger partial charge in [-0.05, 0) is 13.0 Å². The highest BCUT2D eigenvalue weighted by Crippen LogP contribution is 2.19. The Kier molecular flexibility index (Phi) is 4.84. The van der Waals surface area contributed by atoms with E-state index in [1.165, 1.54) is 13.0 Å². The van der Waals surface area contributed by atoms with Crippen molar-refractivity contribution >= 4 is 5.97 Å². The summed E-state index contributed by atoms with van der Waals surface area (Å²) in [5.74, 6) is -0.954. The van der Waals surface area contributed by atoms with E-state index in [2.05, 4.69) is 10.1 Å². The highest BCUT2D eigenvalue weighted by Gasteiger charge is 2.12. The highest BCUT2D eigenvalue weighted by atomic mass is 19.3. The largest absolute Gasteiger partial charge is 0.480 e.